The zero-order chi connectivity index (χ0) is 18.4. The van der Waals surface area contributed by atoms with Gasteiger partial charge in [-0.3, -0.25) is 0 Å². The first-order chi connectivity index (χ1) is 11.9. The van der Waals surface area contributed by atoms with Crippen molar-refractivity contribution in [1.82, 2.24) is 9.62 Å². The number of benzene rings is 1. The van der Waals surface area contributed by atoms with E-state index < -0.39 is 16.0 Å². The molecule has 1 heterocycles. The SMILES string of the molecule is CCCN1CCC(CNS(=O)(=O)c2cc(C(=O)OC)ccc2Cl)CC1. The number of nitrogens with zero attached hydrogens (tertiary/aromatic N) is 1. The lowest BCUT2D eigenvalue weighted by Crippen LogP contribution is -2.39. The molecule has 0 saturated carbocycles. The normalized spacial score (nSPS) is 16.8. The van der Waals surface area contributed by atoms with Gasteiger partial charge in [0, 0.05) is 6.54 Å². The van der Waals surface area contributed by atoms with Crippen molar-refractivity contribution in [3.05, 3.63) is 28.8 Å². The monoisotopic (exact) mass is 388 g/mol. The number of halogens is 1. The lowest BCUT2D eigenvalue weighted by Gasteiger charge is -2.31. The first-order valence-corrected chi connectivity index (χ1v) is 10.3. The topological polar surface area (TPSA) is 75.7 Å². The number of sulfonamides is 1. The Morgan fingerprint density at radius 3 is 2.64 bits per heavy atom. The molecular weight excluding hydrogens is 364 g/mol. The standard InChI is InChI=1S/C17H25ClN2O4S/c1-3-8-20-9-6-13(7-10-20)12-19-25(22,23)16-11-14(17(21)24-2)4-5-15(16)18/h4-5,11,13,19H,3,6-10,12H2,1-2H3. The van der Waals surface area contributed by atoms with E-state index in [0.717, 1.165) is 38.9 Å². The molecule has 25 heavy (non-hydrogen) atoms. The molecule has 0 bridgehead atoms. The van der Waals surface area contributed by atoms with E-state index in [1.54, 1.807) is 0 Å². The maximum absolute atomic E-state index is 12.6. The summed E-state index contributed by atoms with van der Waals surface area (Å²) < 4.78 is 32.4. The third-order valence-electron chi connectivity index (χ3n) is 4.45. The third kappa shape index (κ3) is 5.41. The summed E-state index contributed by atoms with van der Waals surface area (Å²) in [4.78, 5) is 13.9. The largest absolute Gasteiger partial charge is 0.465 e. The molecule has 8 heteroatoms. The van der Waals surface area contributed by atoms with Crippen LogP contribution < -0.4 is 4.72 Å². The zero-order valence-electron chi connectivity index (χ0n) is 14.6. The highest BCUT2D eigenvalue weighted by Gasteiger charge is 2.24. The predicted molar refractivity (Wildman–Crippen MR) is 97.4 cm³/mol. The van der Waals surface area contributed by atoms with Gasteiger partial charge in [0.25, 0.3) is 0 Å². The molecular formula is C17H25ClN2O4S. The molecule has 1 saturated heterocycles. The molecule has 1 N–H and O–H groups in total. The molecule has 1 aromatic carbocycles. The Balaban J connectivity index is 2.01. The van der Waals surface area contributed by atoms with Gasteiger partial charge in [-0.15, -0.1) is 0 Å². The fourth-order valence-electron chi connectivity index (χ4n) is 2.99. The van der Waals surface area contributed by atoms with Gasteiger partial charge in [-0.1, -0.05) is 18.5 Å². The van der Waals surface area contributed by atoms with Gasteiger partial charge in [-0.25, -0.2) is 17.9 Å². The Bertz CT molecular complexity index is 701. The number of methoxy groups -OCH3 is 1. The van der Waals surface area contributed by atoms with Crippen LogP contribution in [0.25, 0.3) is 0 Å². The molecule has 6 nitrogen and oxygen atoms in total. The van der Waals surface area contributed by atoms with Crippen LogP contribution in [0.1, 0.15) is 36.5 Å². The predicted octanol–water partition coefficient (Wildman–Crippen LogP) is 2.53. The first kappa shape index (κ1) is 20.2. The van der Waals surface area contributed by atoms with Crippen molar-refractivity contribution in [2.75, 3.05) is 33.3 Å². The van der Waals surface area contributed by atoms with Crippen LogP contribution in [0.3, 0.4) is 0 Å². The third-order valence-corrected chi connectivity index (χ3v) is 6.36. The fraction of sp³-hybridized carbons (Fsp3) is 0.588. The number of carbonyl (C=O) groups is 1. The molecule has 0 unspecified atom stereocenters. The van der Waals surface area contributed by atoms with E-state index in [2.05, 4.69) is 21.3 Å². The lowest BCUT2D eigenvalue weighted by molar-refractivity contribution is 0.0600. The lowest BCUT2D eigenvalue weighted by atomic mass is 9.97. The number of rotatable bonds is 7. The van der Waals surface area contributed by atoms with Crippen LogP contribution in [0, 0.1) is 5.92 Å². The second kappa shape index (κ2) is 8.98. The Morgan fingerprint density at radius 1 is 1.36 bits per heavy atom. The Morgan fingerprint density at radius 2 is 2.04 bits per heavy atom. The summed E-state index contributed by atoms with van der Waals surface area (Å²) in [6, 6.07) is 4.09. The van der Waals surface area contributed by atoms with Gasteiger partial charge in [-0.2, -0.15) is 0 Å². The van der Waals surface area contributed by atoms with Crippen molar-refractivity contribution in [3.63, 3.8) is 0 Å². The van der Waals surface area contributed by atoms with Crippen LogP contribution in [0.5, 0.6) is 0 Å². The molecule has 0 amide bonds. The summed E-state index contributed by atoms with van der Waals surface area (Å²) in [5, 5.41) is 0.0814. The molecule has 1 aliphatic rings. The quantitative estimate of drug-likeness (QED) is 0.726. The zero-order valence-corrected chi connectivity index (χ0v) is 16.2. The summed E-state index contributed by atoms with van der Waals surface area (Å²) in [6.45, 7) is 5.62. The van der Waals surface area contributed by atoms with Crippen molar-refractivity contribution in [2.45, 2.75) is 31.1 Å². The molecule has 0 aromatic heterocycles. The van der Waals surface area contributed by atoms with Crippen LogP contribution in [-0.4, -0.2) is 52.6 Å². The number of carbonyl (C=O) groups excluding carboxylic acids is 1. The van der Waals surface area contributed by atoms with E-state index in [4.69, 9.17) is 11.6 Å². The van der Waals surface area contributed by atoms with E-state index in [0.29, 0.717) is 12.5 Å². The molecule has 2 rings (SSSR count). The van der Waals surface area contributed by atoms with Gasteiger partial charge in [0.05, 0.1) is 17.7 Å². The summed E-state index contributed by atoms with van der Waals surface area (Å²) in [5.74, 6) is -0.290. The van der Waals surface area contributed by atoms with Crippen LogP contribution >= 0.6 is 11.6 Å². The minimum Gasteiger partial charge on any atom is -0.465 e. The van der Waals surface area contributed by atoms with Crippen LogP contribution in [0.2, 0.25) is 5.02 Å². The molecule has 1 fully saturated rings. The maximum atomic E-state index is 12.6. The van der Waals surface area contributed by atoms with Crippen molar-refractivity contribution in [2.24, 2.45) is 5.92 Å². The number of piperidine rings is 1. The van der Waals surface area contributed by atoms with Crippen LogP contribution in [0.15, 0.2) is 23.1 Å². The van der Waals surface area contributed by atoms with E-state index in [1.165, 1.54) is 25.3 Å². The highest BCUT2D eigenvalue weighted by Crippen LogP contribution is 2.24. The molecule has 1 aliphatic heterocycles. The fourth-order valence-corrected chi connectivity index (χ4v) is 4.63. The van der Waals surface area contributed by atoms with Crippen molar-refractivity contribution in [3.8, 4) is 0 Å². The van der Waals surface area contributed by atoms with Gasteiger partial charge < -0.3 is 9.64 Å². The van der Waals surface area contributed by atoms with Crippen LogP contribution in [-0.2, 0) is 14.8 Å². The Hall–Kier alpha value is -1.15. The number of hydrogen-bond acceptors (Lipinski definition) is 5. The minimum atomic E-state index is -3.78. The average Bonchev–Trinajstić information content (AvgIpc) is 2.61. The highest BCUT2D eigenvalue weighted by atomic mass is 35.5. The molecule has 0 radical (unpaired) electrons. The Labute approximate surface area is 154 Å². The minimum absolute atomic E-state index is 0.0814. The first-order valence-electron chi connectivity index (χ1n) is 8.47. The summed E-state index contributed by atoms with van der Waals surface area (Å²) in [6.07, 6.45) is 3.07. The number of hydrogen-bond donors (Lipinski definition) is 1. The molecule has 0 atom stereocenters. The number of esters is 1. The van der Waals surface area contributed by atoms with Gasteiger partial charge in [0.1, 0.15) is 4.90 Å². The van der Waals surface area contributed by atoms with Gasteiger partial charge in [0.15, 0.2) is 0 Å². The van der Waals surface area contributed by atoms with Gasteiger partial charge in [0.2, 0.25) is 10.0 Å². The van der Waals surface area contributed by atoms with E-state index in [-0.39, 0.29) is 15.5 Å². The summed E-state index contributed by atoms with van der Waals surface area (Å²) in [7, 11) is -2.54. The van der Waals surface area contributed by atoms with E-state index in [1.807, 2.05) is 0 Å². The average molecular weight is 389 g/mol. The smallest absolute Gasteiger partial charge is 0.337 e. The van der Waals surface area contributed by atoms with Crippen molar-refractivity contribution >= 4 is 27.6 Å². The molecule has 0 spiro atoms. The summed E-state index contributed by atoms with van der Waals surface area (Å²) >= 11 is 6.03. The second-order valence-corrected chi connectivity index (χ2v) is 8.42. The molecule has 140 valence electrons. The van der Waals surface area contributed by atoms with Gasteiger partial charge >= 0.3 is 5.97 Å². The number of likely N-dealkylation sites (tertiary alicyclic amines) is 1. The highest BCUT2D eigenvalue weighted by molar-refractivity contribution is 7.89. The summed E-state index contributed by atoms with van der Waals surface area (Å²) in [5.41, 5.74) is 0.153. The van der Waals surface area contributed by atoms with E-state index in [9.17, 15) is 13.2 Å². The molecule has 1 aromatic rings. The van der Waals surface area contributed by atoms with Crippen molar-refractivity contribution < 1.29 is 17.9 Å². The second-order valence-electron chi connectivity index (χ2n) is 6.27. The molecule has 0 aliphatic carbocycles. The maximum Gasteiger partial charge on any atom is 0.337 e. The van der Waals surface area contributed by atoms with Crippen molar-refractivity contribution in [1.29, 1.82) is 0 Å². The number of nitrogens with one attached hydrogen (secondary N) is 1. The van der Waals surface area contributed by atoms with E-state index >= 15 is 0 Å². The number of ether oxygens (including phenoxy) is 1. The van der Waals surface area contributed by atoms with Gasteiger partial charge in [-0.05, 0) is 63.0 Å². The van der Waals surface area contributed by atoms with Crippen LogP contribution in [0.4, 0.5) is 0 Å². The Kier molecular flexibility index (Phi) is 7.25.